The quantitative estimate of drug-likeness (QED) is 0.522. The highest BCUT2D eigenvalue weighted by Gasteiger charge is 2.12. The van der Waals surface area contributed by atoms with E-state index < -0.39 is 0 Å². The maximum Gasteiger partial charge on any atom is 0.244 e. The molecule has 27 heavy (non-hydrogen) atoms. The summed E-state index contributed by atoms with van der Waals surface area (Å²) in [6.07, 6.45) is 0. The van der Waals surface area contributed by atoms with E-state index in [4.69, 9.17) is 4.74 Å². The van der Waals surface area contributed by atoms with Crippen molar-refractivity contribution in [3.05, 3.63) is 90.6 Å². The second-order valence-electron chi connectivity index (χ2n) is 6.39. The summed E-state index contributed by atoms with van der Waals surface area (Å²) in [5, 5.41) is 4.11. The van der Waals surface area contributed by atoms with Crippen LogP contribution in [0.2, 0.25) is 0 Å². The maximum atomic E-state index is 12.7. The minimum Gasteiger partial charge on any atom is -0.455 e. The van der Waals surface area contributed by atoms with Gasteiger partial charge in [0.1, 0.15) is 12.3 Å². The van der Waals surface area contributed by atoms with Gasteiger partial charge in [0.2, 0.25) is 5.91 Å². The highest BCUT2D eigenvalue weighted by Crippen LogP contribution is 2.29. The third kappa shape index (κ3) is 3.70. The smallest absolute Gasteiger partial charge is 0.244 e. The van der Waals surface area contributed by atoms with Crippen LogP contribution < -0.4 is 10.1 Å². The topological polar surface area (TPSA) is 43.3 Å². The van der Waals surface area contributed by atoms with Gasteiger partial charge >= 0.3 is 0 Å². The van der Waals surface area contributed by atoms with Crippen molar-refractivity contribution in [1.29, 1.82) is 0 Å². The van der Waals surface area contributed by atoms with E-state index >= 15 is 0 Å². The van der Waals surface area contributed by atoms with Gasteiger partial charge in [-0.05, 0) is 48.7 Å². The fourth-order valence-corrected chi connectivity index (χ4v) is 3.17. The van der Waals surface area contributed by atoms with E-state index in [2.05, 4.69) is 17.4 Å². The normalized spacial score (nSPS) is 10.7. The molecule has 1 N–H and O–H groups in total. The Labute approximate surface area is 158 Å². The van der Waals surface area contributed by atoms with Crippen molar-refractivity contribution in [3.63, 3.8) is 0 Å². The largest absolute Gasteiger partial charge is 0.455 e. The Bertz CT molecular complexity index is 1080. The van der Waals surface area contributed by atoms with Crippen molar-refractivity contribution in [2.75, 3.05) is 5.32 Å². The first-order chi connectivity index (χ1) is 13.2. The molecule has 0 aliphatic rings. The number of rotatable bonds is 5. The maximum absolute atomic E-state index is 12.7. The van der Waals surface area contributed by atoms with E-state index in [-0.39, 0.29) is 12.5 Å². The van der Waals surface area contributed by atoms with Gasteiger partial charge in [-0.1, -0.05) is 48.5 Å². The van der Waals surface area contributed by atoms with E-state index in [0.29, 0.717) is 11.4 Å². The Morgan fingerprint density at radius 3 is 2.48 bits per heavy atom. The molecule has 1 amide bonds. The summed E-state index contributed by atoms with van der Waals surface area (Å²) in [5.74, 6) is 1.25. The van der Waals surface area contributed by atoms with Gasteiger partial charge < -0.3 is 14.6 Å². The molecule has 0 radical (unpaired) electrons. The zero-order valence-electron chi connectivity index (χ0n) is 15.1. The number of nitrogens with zero attached hydrogens (tertiary/aromatic N) is 1. The van der Waals surface area contributed by atoms with Crippen LogP contribution in [0.5, 0.6) is 11.5 Å². The molecule has 4 aromatic rings. The van der Waals surface area contributed by atoms with Gasteiger partial charge in [0.25, 0.3) is 0 Å². The van der Waals surface area contributed by atoms with Crippen molar-refractivity contribution >= 4 is 22.5 Å². The number of anilines is 1. The van der Waals surface area contributed by atoms with Crippen molar-refractivity contribution in [1.82, 2.24) is 4.57 Å². The lowest BCUT2D eigenvalue weighted by Gasteiger charge is -2.13. The molecule has 134 valence electrons. The summed E-state index contributed by atoms with van der Waals surface area (Å²) in [6.45, 7) is 2.26. The number of hydrogen-bond acceptors (Lipinski definition) is 2. The number of aromatic nitrogens is 1. The van der Waals surface area contributed by atoms with Gasteiger partial charge in [-0.3, -0.25) is 4.79 Å². The van der Waals surface area contributed by atoms with E-state index in [1.54, 1.807) is 0 Å². The average molecular weight is 356 g/mol. The molecule has 1 heterocycles. The number of carbonyl (C=O) groups excluding carboxylic acids is 1. The van der Waals surface area contributed by atoms with Crippen LogP contribution in [0.3, 0.4) is 0 Å². The van der Waals surface area contributed by atoms with Gasteiger partial charge in [-0.2, -0.15) is 0 Å². The van der Waals surface area contributed by atoms with Crippen LogP contribution in [0, 0.1) is 6.92 Å². The Morgan fingerprint density at radius 1 is 0.926 bits per heavy atom. The van der Waals surface area contributed by atoms with Crippen molar-refractivity contribution < 1.29 is 9.53 Å². The van der Waals surface area contributed by atoms with Gasteiger partial charge in [-0.15, -0.1) is 0 Å². The Balaban J connectivity index is 1.54. The van der Waals surface area contributed by atoms with Crippen molar-refractivity contribution in [2.45, 2.75) is 13.5 Å². The fraction of sp³-hybridized carbons (Fsp3) is 0.0870. The number of benzene rings is 3. The van der Waals surface area contributed by atoms with Gasteiger partial charge in [0.05, 0.1) is 5.69 Å². The highest BCUT2D eigenvalue weighted by molar-refractivity contribution is 5.93. The van der Waals surface area contributed by atoms with E-state index in [1.165, 1.54) is 0 Å². The molecular weight excluding hydrogens is 336 g/mol. The molecule has 1 aromatic heterocycles. The number of hydrogen-bond donors (Lipinski definition) is 1. The number of nitrogens with one attached hydrogen (secondary N) is 1. The molecule has 3 aromatic carbocycles. The molecule has 4 heteroatoms. The summed E-state index contributed by atoms with van der Waals surface area (Å²) in [7, 11) is 0. The van der Waals surface area contributed by atoms with Crippen LogP contribution in [0.4, 0.5) is 5.69 Å². The van der Waals surface area contributed by atoms with Crippen LogP contribution in [0.25, 0.3) is 10.9 Å². The standard InChI is InChI=1S/C23H20N2O2/c1-17-15-18-9-5-7-13-21(18)25(17)16-23(26)24-20-12-6-8-14-22(20)27-19-10-3-2-4-11-19/h2-15H,16H2,1H3,(H,24,26). The first-order valence-electron chi connectivity index (χ1n) is 8.87. The molecule has 0 bridgehead atoms. The SMILES string of the molecule is Cc1cc2ccccc2n1CC(=O)Nc1ccccc1Oc1ccccc1. The lowest BCUT2D eigenvalue weighted by molar-refractivity contribution is -0.116. The van der Waals surface area contributed by atoms with E-state index in [0.717, 1.165) is 22.3 Å². The zero-order valence-corrected chi connectivity index (χ0v) is 15.1. The number of aryl methyl sites for hydroxylation is 1. The first kappa shape index (κ1) is 16.9. The molecule has 4 nitrogen and oxygen atoms in total. The van der Waals surface area contributed by atoms with E-state index in [1.807, 2.05) is 84.3 Å². The fourth-order valence-electron chi connectivity index (χ4n) is 3.17. The number of amides is 1. The molecule has 0 saturated carbocycles. The molecule has 0 spiro atoms. The lowest BCUT2D eigenvalue weighted by atomic mass is 10.2. The number of fused-ring (bicyclic) bond motifs is 1. The number of ether oxygens (including phenoxy) is 1. The molecule has 4 rings (SSSR count). The lowest BCUT2D eigenvalue weighted by Crippen LogP contribution is -2.19. The second-order valence-corrected chi connectivity index (χ2v) is 6.39. The predicted molar refractivity (Wildman–Crippen MR) is 108 cm³/mol. The molecule has 0 aliphatic heterocycles. The third-order valence-electron chi connectivity index (χ3n) is 4.45. The average Bonchev–Trinajstić information content (AvgIpc) is 2.99. The van der Waals surface area contributed by atoms with Gasteiger partial charge in [0.15, 0.2) is 5.75 Å². The summed E-state index contributed by atoms with van der Waals surface area (Å²) >= 11 is 0. The zero-order chi connectivity index (χ0) is 18.6. The summed E-state index contributed by atoms with van der Waals surface area (Å²) in [5.41, 5.74) is 2.76. The minimum absolute atomic E-state index is 0.0939. The molecular formula is C23H20N2O2. The minimum atomic E-state index is -0.0939. The Kier molecular flexibility index (Phi) is 4.62. The van der Waals surface area contributed by atoms with Crippen LogP contribution in [0.15, 0.2) is 84.9 Å². The van der Waals surface area contributed by atoms with Gasteiger partial charge in [0, 0.05) is 11.2 Å². The molecule has 0 fully saturated rings. The van der Waals surface area contributed by atoms with Gasteiger partial charge in [-0.25, -0.2) is 0 Å². The Morgan fingerprint density at radius 2 is 1.63 bits per heavy atom. The van der Waals surface area contributed by atoms with E-state index in [9.17, 15) is 4.79 Å². The molecule has 0 atom stereocenters. The summed E-state index contributed by atoms with van der Waals surface area (Å²) in [4.78, 5) is 12.7. The summed E-state index contributed by atoms with van der Waals surface area (Å²) < 4.78 is 7.94. The number of para-hydroxylation sites is 4. The van der Waals surface area contributed by atoms with Crippen molar-refractivity contribution in [3.8, 4) is 11.5 Å². The molecule has 0 aliphatic carbocycles. The second kappa shape index (κ2) is 7.38. The summed E-state index contributed by atoms with van der Waals surface area (Å²) in [6, 6.07) is 27.1. The third-order valence-corrected chi connectivity index (χ3v) is 4.45. The predicted octanol–water partition coefficient (Wildman–Crippen LogP) is 5.38. The molecule has 0 saturated heterocycles. The monoisotopic (exact) mass is 356 g/mol. The molecule has 0 unspecified atom stereocenters. The Hall–Kier alpha value is -3.53. The highest BCUT2D eigenvalue weighted by atomic mass is 16.5. The van der Waals surface area contributed by atoms with Crippen LogP contribution in [-0.4, -0.2) is 10.5 Å². The van der Waals surface area contributed by atoms with Crippen LogP contribution >= 0.6 is 0 Å². The van der Waals surface area contributed by atoms with Crippen LogP contribution in [-0.2, 0) is 11.3 Å². The first-order valence-corrected chi connectivity index (χ1v) is 8.87. The number of carbonyl (C=O) groups is 1. The van der Waals surface area contributed by atoms with Crippen molar-refractivity contribution in [2.24, 2.45) is 0 Å². The van der Waals surface area contributed by atoms with Crippen LogP contribution in [0.1, 0.15) is 5.69 Å².